The SMILES string of the molecule is CC(C)(CCOc1cccc2cc(C(C)(C)C)ccc12)C1=CC2C=CC(CO)=CC2C=C1. The number of ether oxygens (including phenoxy) is 1. The molecule has 2 aromatic carbocycles. The predicted molar refractivity (Wildman–Crippen MR) is 135 cm³/mol. The first-order valence-corrected chi connectivity index (χ1v) is 11.7. The first-order chi connectivity index (χ1) is 15.2. The van der Waals surface area contributed by atoms with E-state index in [0.29, 0.717) is 18.4 Å². The minimum absolute atomic E-state index is 0.0280. The van der Waals surface area contributed by atoms with Gasteiger partial charge in [-0.3, -0.25) is 0 Å². The molecule has 0 heterocycles. The Kier molecular flexibility index (Phi) is 6.18. The monoisotopic (exact) mass is 428 g/mol. The number of benzene rings is 2. The van der Waals surface area contributed by atoms with Crippen LogP contribution in [0, 0.1) is 17.3 Å². The summed E-state index contributed by atoms with van der Waals surface area (Å²) in [5.41, 5.74) is 3.87. The van der Waals surface area contributed by atoms with Crippen molar-refractivity contribution in [2.24, 2.45) is 17.3 Å². The number of aliphatic hydroxyl groups excluding tert-OH is 1. The lowest BCUT2D eigenvalue weighted by Crippen LogP contribution is -2.22. The summed E-state index contributed by atoms with van der Waals surface area (Å²) in [6.45, 7) is 12.1. The third kappa shape index (κ3) is 4.76. The van der Waals surface area contributed by atoms with E-state index in [9.17, 15) is 5.11 Å². The van der Waals surface area contributed by atoms with Crippen LogP contribution < -0.4 is 4.74 Å². The number of fused-ring (bicyclic) bond motifs is 2. The van der Waals surface area contributed by atoms with Gasteiger partial charge in [0.15, 0.2) is 0 Å². The quantitative estimate of drug-likeness (QED) is 0.529. The molecule has 32 heavy (non-hydrogen) atoms. The molecule has 0 spiro atoms. The highest BCUT2D eigenvalue weighted by Crippen LogP contribution is 2.39. The van der Waals surface area contributed by atoms with Crippen molar-refractivity contribution in [3.63, 3.8) is 0 Å². The predicted octanol–water partition coefficient (Wildman–Crippen LogP) is 7.15. The lowest BCUT2D eigenvalue weighted by Gasteiger charge is -2.32. The zero-order valence-electron chi connectivity index (χ0n) is 20.1. The fourth-order valence-electron chi connectivity index (χ4n) is 4.57. The van der Waals surface area contributed by atoms with E-state index in [0.717, 1.165) is 17.7 Å². The minimum Gasteiger partial charge on any atom is -0.493 e. The van der Waals surface area contributed by atoms with Gasteiger partial charge in [-0.2, -0.15) is 0 Å². The van der Waals surface area contributed by atoms with Crippen LogP contribution in [0.15, 0.2) is 84.0 Å². The van der Waals surface area contributed by atoms with E-state index in [2.05, 4.69) is 107 Å². The van der Waals surface area contributed by atoms with Gasteiger partial charge in [0, 0.05) is 17.2 Å². The summed E-state index contributed by atoms with van der Waals surface area (Å²) in [4.78, 5) is 0. The van der Waals surface area contributed by atoms with E-state index in [-0.39, 0.29) is 17.4 Å². The second kappa shape index (κ2) is 8.75. The van der Waals surface area contributed by atoms with Crippen LogP contribution in [0.3, 0.4) is 0 Å². The molecule has 0 saturated heterocycles. The molecule has 1 N–H and O–H groups in total. The van der Waals surface area contributed by atoms with Gasteiger partial charge in [-0.15, -0.1) is 0 Å². The van der Waals surface area contributed by atoms with Crippen molar-refractivity contribution >= 4 is 10.8 Å². The summed E-state index contributed by atoms with van der Waals surface area (Å²) < 4.78 is 6.30. The fraction of sp³-hybridized carbons (Fsp3) is 0.400. The number of hydrogen-bond acceptors (Lipinski definition) is 2. The molecule has 168 valence electrons. The Morgan fingerprint density at radius 3 is 2.41 bits per heavy atom. The van der Waals surface area contributed by atoms with Crippen molar-refractivity contribution in [2.75, 3.05) is 13.2 Å². The number of rotatable bonds is 6. The smallest absolute Gasteiger partial charge is 0.127 e. The van der Waals surface area contributed by atoms with Crippen molar-refractivity contribution in [3.8, 4) is 5.75 Å². The molecule has 2 aliphatic carbocycles. The first-order valence-electron chi connectivity index (χ1n) is 11.7. The van der Waals surface area contributed by atoms with Crippen LogP contribution in [0.25, 0.3) is 10.8 Å². The van der Waals surface area contributed by atoms with Crippen molar-refractivity contribution in [1.29, 1.82) is 0 Å². The van der Waals surface area contributed by atoms with E-state index in [1.165, 1.54) is 21.9 Å². The van der Waals surface area contributed by atoms with E-state index in [1.54, 1.807) is 0 Å². The van der Waals surface area contributed by atoms with E-state index < -0.39 is 0 Å². The van der Waals surface area contributed by atoms with Crippen LogP contribution in [0.2, 0.25) is 0 Å². The topological polar surface area (TPSA) is 29.5 Å². The standard InChI is InChI=1S/C30H36O2/c1-29(2,3)25-13-14-27-24(19-25)7-6-8-28(27)32-16-15-30(4,5)26-12-11-22-17-21(20-31)9-10-23(22)18-26/h6-14,17-19,22-23,31H,15-16,20H2,1-5H3. The Morgan fingerprint density at radius 1 is 0.906 bits per heavy atom. The second-order valence-corrected chi connectivity index (χ2v) is 10.8. The normalized spacial score (nSPS) is 20.7. The van der Waals surface area contributed by atoms with Crippen molar-refractivity contribution < 1.29 is 9.84 Å². The summed E-state index contributed by atoms with van der Waals surface area (Å²) in [5, 5.41) is 11.8. The largest absolute Gasteiger partial charge is 0.493 e. The summed E-state index contributed by atoms with van der Waals surface area (Å²) in [5.74, 6) is 1.69. The molecular weight excluding hydrogens is 392 g/mol. The Balaban J connectivity index is 1.44. The zero-order valence-corrected chi connectivity index (χ0v) is 20.1. The van der Waals surface area contributed by atoms with Gasteiger partial charge in [-0.25, -0.2) is 0 Å². The van der Waals surface area contributed by atoms with Gasteiger partial charge in [-0.1, -0.05) is 101 Å². The lowest BCUT2D eigenvalue weighted by atomic mass is 9.73. The molecule has 2 aliphatic rings. The van der Waals surface area contributed by atoms with Crippen LogP contribution in [0.4, 0.5) is 0 Å². The number of aliphatic hydroxyl groups is 1. The second-order valence-electron chi connectivity index (χ2n) is 10.8. The molecule has 0 saturated carbocycles. The fourth-order valence-corrected chi connectivity index (χ4v) is 4.57. The molecule has 0 amide bonds. The van der Waals surface area contributed by atoms with Gasteiger partial charge < -0.3 is 9.84 Å². The summed E-state index contributed by atoms with van der Waals surface area (Å²) in [7, 11) is 0. The average molecular weight is 429 g/mol. The highest BCUT2D eigenvalue weighted by atomic mass is 16.5. The van der Waals surface area contributed by atoms with E-state index in [1.807, 2.05) is 0 Å². The van der Waals surface area contributed by atoms with Gasteiger partial charge >= 0.3 is 0 Å². The molecule has 2 heteroatoms. The molecule has 0 bridgehead atoms. The average Bonchev–Trinajstić information content (AvgIpc) is 2.77. The van der Waals surface area contributed by atoms with Crippen LogP contribution in [0.1, 0.15) is 46.6 Å². The molecule has 2 unspecified atom stereocenters. The molecule has 0 aromatic heterocycles. The molecule has 2 nitrogen and oxygen atoms in total. The van der Waals surface area contributed by atoms with Crippen molar-refractivity contribution in [3.05, 3.63) is 89.6 Å². The first kappa shape index (κ1) is 22.6. The Hall–Kier alpha value is -2.58. The summed E-state index contributed by atoms with van der Waals surface area (Å²) in [6.07, 6.45) is 14.3. The van der Waals surface area contributed by atoms with E-state index in [4.69, 9.17) is 4.74 Å². The maximum Gasteiger partial charge on any atom is 0.127 e. The van der Waals surface area contributed by atoms with Gasteiger partial charge in [0.1, 0.15) is 5.75 Å². The molecule has 2 aromatic rings. The third-order valence-corrected chi connectivity index (χ3v) is 6.91. The van der Waals surface area contributed by atoms with Crippen LogP contribution in [-0.4, -0.2) is 18.3 Å². The molecule has 0 aliphatic heterocycles. The highest BCUT2D eigenvalue weighted by molar-refractivity contribution is 5.89. The summed E-state index contributed by atoms with van der Waals surface area (Å²) >= 11 is 0. The molecule has 4 rings (SSSR count). The molecule has 2 atom stereocenters. The lowest BCUT2D eigenvalue weighted by molar-refractivity contribution is 0.256. The van der Waals surface area contributed by atoms with Crippen LogP contribution >= 0.6 is 0 Å². The maximum atomic E-state index is 9.40. The molecule has 0 fully saturated rings. The highest BCUT2D eigenvalue weighted by Gasteiger charge is 2.28. The summed E-state index contributed by atoms with van der Waals surface area (Å²) in [6, 6.07) is 13.0. The Labute approximate surface area is 193 Å². The van der Waals surface area contributed by atoms with Crippen LogP contribution in [-0.2, 0) is 5.41 Å². The van der Waals surface area contributed by atoms with Crippen molar-refractivity contribution in [2.45, 2.75) is 46.5 Å². The molecular formula is C30H36O2. The van der Waals surface area contributed by atoms with Gasteiger partial charge in [-0.05, 0) is 45.4 Å². The molecule has 0 radical (unpaired) electrons. The number of allylic oxidation sites excluding steroid dienone is 6. The van der Waals surface area contributed by atoms with Gasteiger partial charge in [0.05, 0.1) is 13.2 Å². The van der Waals surface area contributed by atoms with Crippen molar-refractivity contribution in [1.82, 2.24) is 0 Å². The zero-order chi connectivity index (χ0) is 22.9. The third-order valence-electron chi connectivity index (χ3n) is 6.91. The van der Waals surface area contributed by atoms with Crippen LogP contribution in [0.5, 0.6) is 5.75 Å². The Bertz CT molecular complexity index is 1110. The number of hydrogen-bond donors (Lipinski definition) is 1. The van der Waals surface area contributed by atoms with Gasteiger partial charge in [0.25, 0.3) is 0 Å². The minimum atomic E-state index is 0.0280. The van der Waals surface area contributed by atoms with Gasteiger partial charge in [0.2, 0.25) is 0 Å². The van der Waals surface area contributed by atoms with E-state index >= 15 is 0 Å². The maximum absolute atomic E-state index is 9.40. The Morgan fingerprint density at radius 2 is 1.66 bits per heavy atom.